The number of amides is 1. The zero-order valence-electron chi connectivity index (χ0n) is 18.5. The number of carboxylic acids is 1. The van der Waals surface area contributed by atoms with Crippen LogP contribution in [0.4, 0.5) is 13.2 Å². The first-order valence-electron chi connectivity index (χ1n) is 11.1. The highest BCUT2D eigenvalue weighted by Crippen LogP contribution is 2.43. The van der Waals surface area contributed by atoms with Gasteiger partial charge < -0.3 is 5.11 Å². The van der Waals surface area contributed by atoms with Crippen molar-refractivity contribution in [2.45, 2.75) is 38.0 Å². The van der Waals surface area contributed by atoms with Gasteiger partial charge in [0.25, 0.3) is 0 Å². The van der Waals surface area contributed by atoms with Gasteiger partial charge in [-0.2, -0.15) is 13.2 Å². The summed E-state index contributed by atoms with van der Waals surface area (Å²) in [5, 5.41) is 9.22. The number of alkyl halides is 3. The summed E-state index contributed by atoms with van der Waals surface area (Å²) in [6, 6.07) is 21.9. The maximum Gasteiger partial charge on any atom is 0.416 e. The largest absolute Gasteiger partial charge is 0.481 e. The Balaban J connectivity index is 1.84. The third kappa shape index (κ3) is 4.75. The van der Waals surface area contributed by atoms with Gasteiger partial charge in [-0.05, 0) is 17.7 Å². The van der Waals surface area contributed by atoms with Crippen LogP contribution < -0.4 is 0 Å². The van der Waals surface area contributed by atoms with Crippen LogP contribution in [0.3, 0.4) is 0 Å². The van der Waals surface area contributed by atoms with Crippen LogP contribution in [0.25, 0.3) is 0 Å². The predicted octanol–water partition coefficient (Wildman–Crippen LogP) is 5.76. The number of quaternary nitrogens is 1. The summed E-state index contributed by atoms with van der Waals surface area (Å²) in [5.41, 5.74) is 2.85. The van der Waals surface area contributed by atoms with Crippen molar-refractivity contribution in [3.05, 3.63) is 107 Å². The molecule has 0 bridgehead atoms. The Kier molecular flexibility index (Phi) is 6.57. The van der Waals surface area contributed by atoms with Gasteiger partial charge in [0.1, 0.15) is 12.6 Å². The summed E-state index contributed by atoms with van der Waals surface area (Å²) in [6.07, 6.45) is -4.28. The molecule has 1 aliphatic rings. The van der Waals surface area contributed by atoms with Gasteiger partial charge in [0, 0.05) is 23.1 Å². The van der Waals surface area contributed by atoms with Crippen LogP contribution in [0.5, 0.6) is 0 Å². The van der Waals surface area contributed by atoms with Crippen LogP contribution in [0.1, 0.15) is 46.7 Å². The van der Waals surface area contributed by atoms with E-state index in [1.54, 1.807) is 0 Å². The Hall–Kier alpha value is -3.45. The second kappa shape index (κ2) is 9.43. The molecule has 0 aromatic heterocycles. The smallest absolute Gasteiger partial charge is 0.416 e. The van der Waals surface area contributed by atoms with Crippen LogP contribution in [0.15, 0.2) is 78.9 Å². The lowest BCUT2D eigenvalue weighted by Crippen LogP contribution is -2.58. The molecule has 1 heterocycles. The highest BCUT2D eigenvalue weighted by molar-refractivity contribution is 5.77. The molecule has 0 saturated carbocycles. The number of rotatable bonds is 6. The molecule has 0 saturated heterocycles. The number of fused-ring (bicyclic) bond motifs is 1. The molecule has 34 heavy (non-hydrogen) atoms. The minimum absolute atomic E-state index is 0.0698. The van der Waals surface area contributed by atoms with Gasteiger partial charge in [-0.25, -0.2) is 9.28 Å². The molecular weight excluding hydrogens is 443 g/mol. The van der Waals surface area contributed by atoms with Crippen LogP contribution in [0.2, 0.25) is 0 Å². The fourth-order valence-electron chi connectivity index (χ4n) is 4.93. The van der Waals surface area contributed by atoms with Crippen molar-refractivity contribution in [1.82, 2.24) is 0 Å². The zero-order valence-corrected chi connectivity index (χ0v) is 18.5. The van der Waals surface area contributed by atoms with Crippen molar-refractivity contribution in [2.75, 3.05) is 6.54 Å². The number of hydrogen-bond acceptors (Lipinski definition) is 2. The van der Waals surface area contributed by atoms with E-state index >= 15 is 0 Å². The molecule has 2 unspecified atom stereocenters. The average Bonchev–Trinajstić information content (AvgIpc) is 2.82. The number of benzene rings is 3. The molecule has 0 aliphatic carbocycles. The predicted molar refractivity (Wildman–Crippen MR) is 121 cm³/mol. The van der Waals surface area contributed by atoms with E-state index < -0.39 is 23.8 Å². The number of carbonyl (C=O) groups is 2. The number of halogens is 3. The Morgan fingerprint density at radius 2 is 1.53 bits per heavy atom. The molecule has 3 aromatic carbocycles. The first-order chi connectivity index (χ1) is 16.2. The van der Waals surface area contributed by atoms with Crippen LogP contribution in [-0.2, 0) is 28.7 Å². The molecule has 3 aromatic rings. The first-order valence-corrected chi connectivity index (χ1v) is 11.1. The van der Waals surface area contributed by atoms with Gasteiger partial charge in [-0.1, -0.05) is 66.7 Å². The van der Waals surface area contributed by atoms with Crippen molar-refractivity contribution in [1.29, 1.82) is 0 Å². The van der Waals surface area contributed by atoms with Gasteiger partial charge in [-0.3, -0.25) is 4.79 Å². The van der Waals surface area contributed by atoms with Crippen LogP contribution >= 0.6 is 0 Å². The fraction of sp³-hybridized carbons (Fsp3) is 0.259. The maximum absolute atomic E-state index is 13.8. The molecular formula is C27H25F3NO3+. The van der Waals surface area contributed by atoms with Gasteiger partial charge in [0.05, 0.1) is 24.9 Å². The van der Waals surface area contributed by atoms with Gasteiger partial charge >= 0.3 is 18.1 Å². The molecule has 0 radical (unpaired) electrons. The summed E-state index contributed by atoms with van der Waals surface area (Å²) in [6.45, 7) is 0.598. The van der Waals surface area contributed by atoms with Crippen molar-refractivity contribution in [3.8, 4) is 0 Å². The molecule has 4 nitrogen and oxygen atoms in total. The average molecular weight is 468 g/mol. The normalized spacial score (nSPS) is 19.9. The maximum atomic E-state index is 13.8. The van der Waals surface area contributed by atoms with E-state index in [-0.39, 0.29) is 29.8 Å². The Labute approximate surface area is 195 Å². The molecule has 0 spiro atoms. The lowest BCUT2D eigenvalue weighted by molar-refractivity contribution is -0.895. The molecule has 1 amide bonds. The lowest BCUT2D eigenvalue weighted by Gasteiger charge is -2.46. The first kappa shape index (κ1) is 23.7. The summed E-state index contributed by atoms with van der Waals surface area (Å²) in [7, 11) is 0. The van der Waals surface area contributed by atoms with E-state index in [9.17, 15) is 27.9 Å². The van der Waals surface area contributed by atoms with E-state index in [1.807, 2.05) is 54.6 Å². The molecule has 176 valence electrons. The topological polar surface area (TPSA) is 54.4 Å². The van der Waals surface area contributed by atoms with E-state index in [0.29, 0.717) is 18.5 Å². The number of carbonyl (C=O) groups excluding carboxylic acids is 1. The van der Waals surface area contributed by atoms with Gasteiger partial charge in [0.2, 0.25) is 0 Å². The minimum Gasteiger partial charge on any atom is -0.481 e. The highest BCUT2D eigenvalue weighted by Gasteiger charge is 2.48. The summed E-state index contributed by atoms with van der Waals surface area (Å²) in [5.74, 6) is -1.29. The van der Waals surface area contributed by atoms with E-state index in [1.165, 1.54) is 12.1 Å². The Morgan fingerprint density at radius 3 is 2.18 bits per heavy atom. The standard InChI is InChI=1S/C27H24F3NO3/c28-27(29,30)22-12-10-19(11-13-22)18-31(24(32)14-15-25(33)34)17-16-20-6-4-5-9-23(20)26(31)21-7-2-1-3-8-21/h1-13,26H,14-18H2/p+1. The van der Waals surface area contributed by atoms with E-state index in [2.05, 4.69) is 0 Å². The summed E-state index contributed by atoms with van der Waals surface area (Å²) < 4.78 is 39.2. The lowest BCUT2D eigenvalue weighted by atomic mass is 9.84. The number of hydrogen-bond donors (Lipinski definition) is 1. The molecule has 1 aliphatic heterocycles. The molecule has 4 rings (SSSR count). The Morgan fingerprint density at radius 1 is 0.882 bits per heavy atom. The molecule has 2 atom stereocenters. The number of aliphatic carboxylic acids is 1. The second-order valence-electron chi connectivity index (χ2n) is 8.66. The third-order valence-electron chi connectivity index (χ3n) is 6.53. The monoisotopic (exact) mass is 468 g/mol. The van der Waals surface area contributed by atoms with Crippen LogP contribution in [-0.4, -0.2) is 28.0 Å². The molecule has 1 N–H and O–H groups in total. The molecule has 7 heteroatoms. The minimum atomic E-state index is -4.45. The van der Waals surface area contributed by atoms with Crippen molar-refractivity contribution in [3.63, 3.8) is 0 Å². The SMILES string of the molecule is O=C(O)CCC(=O)[N+]1(Cc2ccc(C(F)(F)F)cc2)CCc2ccccc2C1c1ccccc1. The van der Waals surface area contributed by atoms with Crippen molar-refractivity contribution >= 4 is 11.9 Å². The zero-order chi connectivity index (χ0) is 24.3. The Bertz CT molecular complexity index is 1180. The molecule has 0 fully saturated rings. The van der Waals surface area contributed by atoms with Crippen molar-refractivity contribution in [2.24, 2.45) is 0 Å². The number of nitrogens with zero attached hydrogens (tertiary/aromatic N) is 1. The summed E-state index contributed by atoms with van der Waals surface area (Å²) >= 11 is 0. The summed E-state index contributed by atoms with van der Waals surface area (Å²) in [4.78, 5) is 25.0. The van der Waals surface area contributed by atoms with E-state index in [0.717, 1.165) is 28.8 Å². The third-order valence-corrected chi connectivity index (χ3v) is 6.53. The number of carboxylic acid groups (broad SMARTS) is 1. The van der Waals surface area contributed by atoms with Gasteiger partial charge in [0.15, 0.2) is 0 Å². The van der Waals surface area contributed by atoms with Gasteiger partial charge in [-0.15, -0.1) is 0 Å². The fourth-order valence-corrected chi connectivity index (χ4v) is 4.93. The quantitative estimate of drug-likeness (QED) is 0.468. The second-order valence-corrected chi connectivity index (χ2v) is 8.66. The van der Waals surface area contributed by atoms with Crippen molar-refractivity contribution < 1.29 is 32.3 Å². The van der Waals surface area contributed by atoms with E-state index in [4.69, 9.17) is 0 Å². The van der Waals surface area contributed by atoms with Crippen LogP contribution in [0, 0.1) is 0 Å². The highest BCUT2D eigenvalue weighted by atomic mass is 19.4.